The van der Waals surface area contributed by atoms with Crippen LogP contribution in [0.4, 0.5) is 0 Å². The lowest BCUT2D eigenvalue weighted by Crippen LogP contribution is -2.18. The van der Waals surface area contributed by atoms with E-state index < -0.39 is 0 Å². The summed E-state index contributed by atoms with van der Waals surface area (Å²) in [6.07, 6.45) is 4.71. The second kappa shape index (κ2) is 10.4. The first kappa shape index (κ1) is 13.3. The van der Waals surface area contributed by atoms with Crippen LogP contribution in [0.15, 0.2) is 0 Å². The van der Waals surface area contributed by atoms with Gasteiger partial charge in [0.1, 0.15) is 0 Å². The van der Waals surface area contributed by atoms with E-state index in [1.165, 1.54) is 6.04 Å². The maximum atomic E-state index is 5.58. The smallest absolute Gasteiger partial charge is 0.276 e. The highest BCUT2D eigenvalue weighted by Crippen LogP contribution is 2.03. The van der Waals surface area contributed by atoms with Gasteiger partial charge in [-0.25, -0.2) is 0 Å². The predicted octanol–water partition coefficient (Wildman–Crippen LogP) is 1.13. The number of ether oxygens (including phenoxy) is 1. The summed E-state index contributed by atoms with van der Waals surface area (Å²) in [5.41, 5.74) is 0. The maximum Gasteiger partial charge on any atom is 0.276 e. The Morgan fingerprint density at radius 1 is 1.23 bits per heavy atom. The molecule has 0 aliphatic carbocycles. The summed E-state index contributed by atoms with van der Waals surface area (Å²) in [5.74, 6) is 0. The third-order valence-electron chi connectivity index (χ3n) is 1.50. The van der Waals surface area contributed by atoms with Gasteiger partial charge in [-0.15, -0.1) is 0 Å². The predicted molar refractivity (Wildman–Crippen MR) is 61.2 cm³/mol. The highest BCUT2D eigenvalue weighted by molar-refractivity contribution is 6.34. The van der Waals surface area contributed by atoms with Gasteiger partial charge in [0, 0.05) is 32.1 Å². The molecule has 0 aliphatic heterocycles. The molecule has 5 heteroatoms. The summed E-state index contributed by atoms with van der Waals surface area (Å²) in [4.78, 5) is 0. The maximum absolute atomic E-state index is 5.58. The normalized spacial score (nSPS) is 12.5. The molecule has 0 amide bonds. The second-order valence-electron chi connectivity index (χ2n) is 2.56. The Balaban J connectivity index is 3.47. The molecule has 0 heterocycles. The first-order valence-electron chi connectivity index (χ1n) is 4.43. The summed E-state index contributed by atoms with van der Waals surface area (Å²) in [6, 6.07) is 2.35. The molecule has 1 atom stereocenters. The van der Waals surface area contributed by atoms with Gasteiger partial charge in [-0.05, 0) is 6.04 Å². The Bertz CT molecular complexity index is 122. The lowest BCUT2D eigenvalue weighted by atomic mass is 10.5. The van der Waals surface area contributed by atoms with Crippen molar-refractivity contribution in [1.29, 1.82) is 0 Å². The molecule has 0 aliphatic rings. The van der Waals surface area contributed by atoms with Crippen molar-refractivity contribution in [3.63, 3.8) is 0 Å². The van der Waals surface area contributed by atoms with E-state index in [4.69, 9.17) is 9.16 Å². The molecule has 1 unspecified atom stereocenters. The Kier molecular flexibility index (Phi) is 10.6. The molecular weight excluding hydrogens is 212 g/mol. The molecule has 0 N–H and O–H groups in total. The Hall–Kier alpha value is 0.281. The monoisotopic (exact) mass is 229 g/mol. The third-order valence-corrected chi connectivity index (χ3v) is 3.42. The highest BCUT2D eigenvalue weighted by Gasteiger charge is 2.06. The average Bonchev–Trinajstić information content (AvgIpc) is 2.14. The van der Waals surface area contributed by atoms with Gasteiger partial charge in [0.15, 0.2) is 6.29 Å². The van der Waals surface area contributed by atoms with Gasteiger partial charge in [-0.2, -0.15) is 0 Å². The third kappa shape index (κ3) is 8.61. The summed E-state index contributed by atoms with van der Waals surface area (Å²) in [7, 11) is 2.25. The summed E-state index contributed by atoms with van der Waals surface area (Å²) in [6.45, 7) is 5.23. The van der Waals surface area contributed by atoms with E-state index in [2.05, 4.69) is 19.3 Å². The fourth-order valence-electron chi connectivity index (χ4n) is 0.824. The van der Waals surface area contributed by atoms with E-state index in [1.54, 1.807) is 0 Å². The van der Waals surface area contributed by atoms with Crippen LogP contribution in [-0.2, 0) is 9.16 Å². The van der Waals surface area contributed by atoms with E-state index in [-0.39, 0.29) is 6.29 Å². The summed E-state index contributed by atoms with van der Waals surface area (Å²) < 4.78 is 11.0. The SMILES string of the molecule is C=[Si]OC(CC[Si]C)OCC[Si]C. The molecule has 13 heavy (non-hydrogen) atoms. The Labute approximate surface area is 88.6 Å². The van der Waals surface area contributed by atoms with Crippen LogP contribution >= 0.6 is 0 Å². The van der Waals surface area contributed by atoms with Crippen molar-refractivity contribution in [2.75, 3.05) is 6.61 Å². The van der Waals surface area contributed by atoms with Gasteiger partial charge in [0.2, 0.25) is 0 Å². The standard InChI is InChI=1S/C8H17O2Si3/c1-11-6-4-8(10-13-3)9-5-7-12-2/h8H,3-7H2,1-2H3. The van der Waals surface area contributed by atoms with Crippen molar-refractivity contribution in [2.24, 2.45) is 0 Å². The zero-order valence-electron chi connectivity index (χ0n) is 8.43. The summed E-state index contributed by atoms with van der Waals surface area (Å²) >= 11 is 0. The Morgan fingerprint density at radius 3 is 2.46 bits per heavy atom. The molecule has 2 nitrogen and oxygen atoms in total. The van der Waals surface area contributed by atoms with Crippen LogP contribution < -0.4 is 0 Å². The van der Waals surface area contributed by atoms with Crippen LogP contribution in [0.3, 0.4) is 0 Å². The van der Waals surface area contributed by atoms with Crippen molar-refractivity contribution in [2.45, 2.75) is 37.9 Å². The minimum absolute atomic E-state index is 0.000340. The molecular formula is C8H17O2Si3. The number of rotatable bonds is 9. The first-order chi connectivity index (χ1) is 6.35. The fourth-order valence-corrected chi connectivity index (χ4v) is 2.04. The van der Waals surface area contributed by atoms with Gasteiger partial charge in [0.05, 0.1) is 0 Å². The molecule has 0 aromatic rings. The largest absolute Gasteiger partial charge is 0.524 e. The summed E-state index contributed by atoms with van der Waals surface area (Å²) in [5, 5.41) is 0. The van der Waals surface area contributed by atoms with Crippen molar-refractivity contribution >= 4 is 34.6 Å². The highest BCUT2D eigenvalue weighted by atomic mass is 28.2. The van der Waals surface area contributed by atoms with Gasteiger partial charge in [-0.1, -0.05) is 25.3 Å². The van der Waals surface area contributed by atoms with E-state index >= 15 is 0 Å². The van der Waals surface area contributed by atoms with Crippen LogP contribution in [0.2, 0.25) is 25.2 Å². The molecule has 0 saturated heterocycles. The topological polar surface area (TPSA) is 18.5 Å². The fraction of sp³-hybridized carbons (Fsp3) is 0.875. The molecule has 0 aromatic heterocycles. The van der Waals surface area contributed by atoms with Crippen LogP contribution in [0.5, 0.6) is 0 Å². The molecule has 73 valence electrons. The zero-order chi connectivity index (χ0) is 9.94. The van der Waals surface area contributed by atoms with Crippen molar-refractivity contribution < 1.29 is 9.16 Å². The molecule has 0 rings (SSSR count). The first-order valence-corrected chi connectivity index (χ1v) is 8.96. The van der Waals surface area contributed by atoms with Crippen molar-refractivity contribution in [1.82, 2.24) is 0 Å². The van der Waals surface area contributed by atoms with Crippen LogP contribution in [0.1, 0.15) is 6.42 Å². The minimum atomic E-state index is -0.000340. The molecule has 5 radical (unpaired) electrons. The number of hydrogen-bond acceptors (Lipinski definition) is 2. The van der Waals surface area contributed by atoms with Gasteiger partial charge >= 0.3 is 0 Å². The van der Waals surface area contributed by atoms with E-state index in [1.807, 2.05) is 0 Å². The zero-order valence-corrected chi connectivity index (χ0v) is 11.4. The molecule has 0 fully saturated rings. The van der Waals surface area contributed by atoms with Gasteiger partial charge in [0.25, 0.3) is 9.38 Å². The second-order valence-corrected chi connectivity index (χ2v) is 5.50. The Morgan fingerprint density at radius 2 is 1.92 bits per heavy atom. The minimum Gasteiger partial charge on any atom is -0.524 e. The van der Waals surface area contributed by atoms with E-state index in [0.717, 1.165) is 38.1 Å². The van der Waals surface area contributed by atoms with Gasteiger partial charge in [-0.3, -0.25) is 0 Å². The van der Waals surface area contributed by atoms with E-state index in [9.17, 15) is 0 Å². The van der Waals surface area contributed by atoms with Crippen LogP contribution in [-0.4, -0.2) is 47.5 Å². The molecule has 0 spiro atoms. The molecule has 0 bridgehead atoms. The molecule has 0 saturated carbocycles. The van der Waals surface area contributed by atoms with Crippen LogP contribution in [0, 0.1) is 0 Å². The van der Waals surface area contributed by atoms with Crippen molar-refractivity contribution in [3.05, 3.63) is 0 Å². The van der Waals surface area contributed by atoms with Crippen LogP contribution in [0.25, 0.3) is 0 Å². The lowest BCUT2D eigenvalue weighted by Gasteiger charge is -2.16. The number of hydrogen-bond donors (Lipinski definition) is 0. The molecule has 0 aromatic carbocycles. The van der Waals surface area contributed by atoms with Gasteiger partial charge < -0.3 is 9.16 Å². The van der Waals surface area contributed by atoms with E-state index in [0.29, 0.717) is 9.38 Å². The lowest BCUT2D eigenvalue weighted by molar-refractivity contribution is -0.0734. The average molecular weight is 229 g/mol. The van der Waals surface area contributed by atoms with Crippen molar-refractivity contribution in [3.8, 4) is 0 Å². The quantitative estimate of drug-likeness (QED) is 0.335.